The summed E-state index contributed by atoms with van der Waals surface area (Å²) in [6, 6.07) is 0. The first-order valence-electron chi connectivity index (χ1n) is 3.00. The molecule has 0 heterocycles. The van der Waals surface area contributed by atoms with Gasteiger partial charge in [-0.25, -0.2) is 4.21 Å². The number of hydrogen-bond donors (Lipinski definition) is 0. The predicted molar refractivity (Wildman–Crippen MR) is 42.3 cm³/mol. The highest BCUT2D eigenvalue weighted by atomic mass is 35.7. The van der Waals surface area contributed by atoms with E-state index in [9.17, 15) is 9.00 Å². The van der Waals surface area contributed by atoms with Crippen molar-refractivity contribution in [2.75, 3.05) is 13.1 Å². The molecule has 1 atom stereocenters. The number of halogens is 1. The maximum Gasteiger partial charge on any atom is 0.327 e. The van der Waals surface area contributed by atoms with Crippen LogP contribution in [0, 0.1) is 0 Å². The molecule has 0 saturated heterocycles. The lowest BCUT2D eigenvalue weighted by Gasteiger charge is -2.14. The van der Waals surface area contributed by atoms with Crippen LogP contribution in [0.3, 0.4) is 0 Å². The van der Waals surface area contributed by atoms with E-state index in [0.29, 0.717) is 13.1 Å². The molecule has 1 unspecified atom stereocenters. The van der Waals surface area contributed by atoms with Gasteiger partial charge in [-0.1, -0.05) is 0 Å². The maximum absolute atomic E-state index is 10.8. The second-order valence-electron chi connectivity index (χ2n) is 1.66. The Hall–Kier alpha value is -0.0900. The molecule has 0 rings (SSSR count). The summed E-state index contributed by atoms with van der Waals surface area (Å²) < 4.78 is 10.4. The fourth-order valence-corrected chi connectivity index (χ4v) is 1.34. The number of carbonyl (C=O) groups excluding carboxylic acids is 1. The Kier molecular flexibility index (Phi) is 4.64. The Balaban J connectivity index is 4.02. The Morgan fingerprint density at radius 3 is 2.00 bits per heavy atom. The fraction of sp³-hybridized carbons (Fsp3) is 0.800. The van der Waals surface area contributed by atoms with E-state index < -0.39 is 15.3 Å². The number of hydrogen-bond acceptors (Lipinski definition) is 2. The molecule has 0 radical (unpaired) electrons. The van der Waals surface area contributed by atoms with Gasteiger partial charge in [0.15, 0.2) is 0 Å². The van der Waals surface area contributed by atoms with Crippen molar-refractivity contribution in [1.82, 2.24) is 4.90 Å². The van der Waals surface area contributed by atoms with Gasteiger partial charge in [0.05, 0.1) is 0 Å². The van der Waals surface area contributed by atoms with Gasteiger partial charge in [0.2, 0.25) is 10.0 Å². The zero-order chi connectivity index (χ0) is 8.15. The summed E-state index contributed by atoms with van der Waals surface area (Å²) in [5.41, 5.74) is 0. The number of nitrogens with zero attached hydrogens (tertiary/aromatic N) is 1. The quantitative estimate of drug-likeness (QED) is 0.607. The molecule has 0 saturated carbocycles. The van der Waals surface area contributed by atoms with Crippen molar-refractivity contribution in [3.05, 3.63) is 0 Å². The first-order chi connectivity index (χ1) is 4.63. The third kappa shape index (κ3) is 2.66. The molecular formula is C5H10ClNO2S. The molecule has 0 aliphatic rings. The zero-order valence-electron chi connectivity index (χ0n) is 5.96. The number of rotatable bonds is 2. The molecule has 0 spiro atoms. The molecule has 0 aromatic heterocycles. The van der Waals surface area contributed by atoms with E-state index in [4.69, 9.17) is 10.7 Å². The normalized spacial score (nSPS) is 12.7. The SMILES string of the molecule is CCN(CC)C(=O)S(=O)Cl. The van der Waals surface area contributed by atoms with Crippen LogP contribution in [0.15, 0.2) is 0 Å². The lowest BCUT2D eigenvalue weighted by Crippen LogP contribution is -2.30. The molecule has 0 aromatic carbocycles. The standard InChI is InChI=1S/C5H10ClNO2S/c1-3-7(4-2)5(8)10(6)9/h3-4H2,1-2H3. The fourth-order valence-electron chi connectivity index (χ4n) is 0.583. The van der Waals surface area contributed by atoms with Gasteiger partial charge < -0.3 is 4.90 Å². The molecule has 0 aliphatic carbocycles. The predicted octanol–water partition coefficient (Wildman–Crippen LogP) is 1.35. The van der Waals surface area contributed by atoms with E-state index in [1.54, 1.807) is 0 Å². The monoisotopic (exact) mass is 183 g/mol. The molecule has 1 amide bonds. The first kappa shape index (κ1) is 9.91. The van der Waals surface area contributed by atoms with Crippen LogP contribution in [0.1, 0.15) is 13.8 Å². The van der Waals surface area contributed by atoms with Crippen molar-refractivity contribution in [2.45, 2.75) is 13.8 Å². The van der Waals surface area contributed by atoms with Gasteiger partial charge in [-0.3, -0.25) is 4.79 Å². The molecule has 0 aliphatic heterocycles. The van der Waals surface area contributed by atoms with Crippen molar-refractivity contribution >= 4 is 25.9 Å². The minimum Gasteiger partial charge on any atom is -0.331 e. The topological polar surface area (TPSA) is 37.4 Å². The minimum absolute atomic E-state index is 0.508. The van der Waals surface area contributed by atoms with E-state index in [2.05, 4.69) is 0 Å². The summed E-state index contributed by atoms with van der Waals surface area (Å²) in [5, 5.41) is -0.508. The van der Waals surface area contributed by atoms with E-state index >= 15 is 0 Å². The Labute approximate surface area is 67.3 Å². The molecule has 3 nitrogen and oxygen atoms in total. The third-order valence-corrected chi connectivity index (χ3v) is 2.09. The van der Waals surface area contributed by atoms with Crippen molar-refractivity contribution < 1.29 is 9.00 Å². The van der Waals surface area contributed by atoms with Crippen molar-refractivity contribution in [3.63, 3.8) is 0 Å². The van der Waals surface area contributed by atoms with E-state index in [1.165, 1.54) is 4.90 Å². The number of carbonyl (C=O) groups is 1. The molecule has 60 valence electrons. The molecule has 0 bridgehead atoms. The van der Waals surface area contributed by atoms with Gasteiger partial charge >= 0.3 is 5.24 Å². The van der Waals surface area contributed by atoms with Crippen LogP contribution in [-0.4, -0.2) is 27.4 Å². The van der Waals surface area contributed by atoms with Gasteiger partial charge in [-0.05, 0) is 13.8 Å². The van der Waals surface area contributed by atoms with Crippen molar-refractivity contribution in [1.29, 1.82) is 0 Å². The largest absolute Gasteiger partial charge is 0.331 e. The summed E-state index contributed by atoms with van der Waals surface area (Å²) in [7, 11) is 3.18. The molecule has 0 fully saturated rings. The van der Waals surface area contributed by atoms with Gasteiger partial charge in [0.1, 0.15) is 0 Å². The van der Waals surface area contributed by atoms with Crippen molar-refractivity contribution in [2.24, 2.45) is 0 Å². The summed E-state index contributed by atoms with van der Waals surface area (Å²) in [5.74, 6) is 0. The molecule has 10 heavy (non-hydrogen) atoms. The Morgan fingerprint density at radius 1 is 1.50 bits per heavy atom. The van der Waals surface area contributed by atoms with Gasteiger partial charge in [0.25, 0.3) is 0 Å². The molecular weight excluding hydrogens is 174 g/mol. The van der Waals surface area contributed by atoms with Crippen LogP contribution in [0.25, 0.3) is 0 Å². The third-order valence-electron chi connectivity index (χ3n) is 1.16. The lowest BCUT2D eigenvalue weighted by atomic mass is 10.6. The zero-order valence-corrected chi connectivity index (χ0v) is 7.54. The highest BCUT2D eigenvalue weighted by Crippen LogP contribution is 1.99. The summed E-state index contributed by atoms with van der Waals surface area (Å²) in [6.45, 7) is 4.72. The van der Waals surface area contributed by atoms with E-state index in [0.717, 1.165) is 0 Å². The molecule has 0 N–H and O–H groups in total. The second-order valence-corrected chi connectivity index (χ2v) is 3.30. The Bertz CT molecular complexity index is 147. The Morgan fingerprint density at radius 2 is 1.90 bits per heavy atom. The average molecular weight is 184 g/mol. The van der Waals surface area contributed by atoms with Gasteiger partial charge in [0, 0.05) is 23.8 Å². The summed E-state index contributed by atoms with van der Waals surface area (Å²) in [6.07, 6.45) is 0. The van der Waals surface area contributed by atoms with Crippen LogP contribution in [0.5, 0.6) is 0 Å². The molecule has 5 heteroatoms. The average Bonchev–Trinajstić information content (AvgIpc) is 1.90. The summed E-state index contributed by atoms with van der Waals surface area (Å²) in [4.78, 5) is 12.2. The van der Waals surface area contributed by atoms with Gasteiger partial charge in [-0.15, -0.1) is 0 Å². The van der Waals surface area contributed by atoms with E-state index in [-0.39, 0.29) is 0 Å². The van der Waals surface area contributed by atoms with E-state index in [1.807, 2.05) is 13.8 Å². The van der Waals surface area contributed by atoms with Crippen LogP contribution in [0.2, 0.25) is 0 Å². The maximum atomic E-state index is 10.8. The van der Waals surface area contributed by atoms with Crippen LogP contribution in [0.4, 0.5) is 4.79 Å². The van der Waals surface area contributed by atoms with Gasteiger partial charge in [-0.2, -0.15) is 0 Å². The van der Waals surface area contributed by atoms with Crippen LogP contribution >= 0.6 is 10.7 Å². The highest BCUT2D eigenvalue weighted by Gasteiger charge is 2.14. The number of amides is 1. The lowest BCUT2D eigenvalue weighted by molar-refractivity contribution is 0.227. The highest BCUT2D eigenvalue weighted by molar-refractivity contribution is 8.20. The van der Waals surface area contributed by atoms with Crippen LogP contribution < -0.4 is 0 Å². The molecule has 0 aromatic rings. The first-order valence-corrected chi connectivity index (χ1v) is 4.98. The summed E-state index contributed by atoms with van der Waals surface area (Å²) >= 11 is 0. The van der Waals surface area contributed by atoms with Crippen molar-refractivity contribution in [3.8, 4) is 0 Å². The smallest absolute Gasteiger partial charge is 0.327 e. The second kappa shape index (κ2) is 4.68. The minimum atomic E-state index is -1.88. The van der Waals surface area contributed by atoms with Crippen LogP contribution in [-0.2, 0) is 10.0 Å².